The van der Waals surface area contributed by atoms with Gasteiger partial charge in [0, 0.05) is 16.8 Å². The van der Waals surface area contributed by atoms with Gasteiger partial charge in [-0.2, -0.15) is 0 Å². The Balaban J connectivity index is 1.79. The Bertz CT molecular complexity index is 1120. The van der Waals surface area contributed by atoms with Crippen molar-refractivity contribution in [2.75, 3.05) is 5.32 Å². The minimum Gasteiger partial charge on any atom is -0.449 e. The summed E-state index contributed by atoms with van der Waals surface area (Å²) in [5, 5.41) is 2.62. The lowest BCUT2D eigenvalue weighted by atomic mass is 10.2. The largest absolute Gasteiger partial charge is 0.449 e. The zero-order valence-corrected chi connectivity index (χ0v) is 17.8. The fourth-order valence-corrected chi connectivity index (χ4v) is 3.96. The van der Waals surface area contributed by atoms with Gasteiger partial charge in [-0.15, -0.1) is 11.3 Å². The molecule has 1 N–H and O–H groups in total. The monoisotopic (exact) mass is 413 g/mol. The van der Waals surface area contributed by atoms with Gasteiger partial charge >= 0.3 is 5.97 Å². The first kappa shape index (κ1) is 20.6. The molecule has 0 spiro atoms. The van der Waals surface area contributed by atoms with Crippen molar-refractivity contribution in [2.24, 2.45) is 7.05 Å². The maximum Gasteiger partial charge on any atom is 0.340 e. The van der Waals surface area contributed by atoms with Crippen molar-refractivity contribution in [1.82, 2.24) is 9.36 Å². The van der Waals surface area contributed by atoms with Crippen molar-refractivity contribution in [1.29, 1.82) is 0 Å². The van der Waals surface area contributed by atoms with Gasteiger partial charge in [0.1, 0.15) is 5.69 Å². The summed E-state index contributed by atoms with van der Waals surface area (Å²) in [4.78, 5) is 39.7. The van der Waals surface area contributed by atoms with E-state index in [-0.39, 0.29) is 11.2 Å². The van der Waals surface area contributed by atoms with Crippen LogP contribution in [-0.2, 0) is 16.6 Å². The van der Waals surface area contributed by atoms with Crippen LogP contribution >= 0.6 is 11.3 Å². The van der Waals surface area contributed by atoms with Crippen LogP contribution in [0.1, 0.15) is 32.7 Å². The summed E-state index contributed by atoms with van der Waals surface area (Å²) < 4.78 is 8.45. The number of amides is 1. The van der Waals surface area contributed by atoms with Crippen LogP contribution in [0.3, 0.4) is 0 Å². The molecule has 0 bridgehead atoms. The fourth-order valence-electron chi connectivity index (χ4n) is 3.05. The number of esters is 1. The molecule has 0 saturated heterocycles. The second kappa shape index (κ2) is 8.08. The molecular formula is C21H23N3O4S. The third-order valence-corrected chi connectivity index (χ3v) is 5.68. The molecule has 0 aliphatic carbocycles. The Morgan fingerprint density at radius 3 is 2.38 bits per heavy atom. The molecule has 3 rings (SSSR count). The average molecular weight is 413 g/mol. The molecule has 3 aromatic rings. The summed E-state index contributed by atoms with van der Waals surface area (Å²) in [5.74, 6) is -1.12. The molecule has 1 amide bonds. The van der Waals surface area contributed by atoms with Crippen LogP contribution in [0.4, 0.5) is 5.69 Å². The van der Waals surface area contributed by atoms with Crippen molar-refractivity contribution < 1.29 is 14.3 Å². The molecule has 1 atom stereocenters. The van der Waals surface area contributed by atoms with Crippen LogP contribution in [0.2, 0.25) is 0 Å². The van der Waals surface area contributed by atoms with E-state index in [0.717, 1.165) is 9.75 Å². The Labute approximate surface area is 172 Å². The summed E-state index contributed by atoms with van der Waals surface area (Å²) in [6.45, 7) is 6.96. The van der Waals surface area contributed by atoms with E-state index in [2.05, 4.69) is 5.32 Å². The maximum atomic E-state index is 12.9. The molecular weight excluding hydrogens is 390 g/mol. The van der Waals surface area contributed by atoms with E-state index in [4.69, 9.17) is 4.74 Å². The molecule has 1 aromatic carbocycles. The van der Waals surface area contributed by atoms with Crippen LogP contribution in [-0.4, -0.2) is 27.3 Å². The molecule has 0 aliphatic rings. The number of hydrogen-bond acceptors (Lipinski definition) is 5. The van der Waals surface area contributed by atoms with E-state index in [1.807, 2.05) is 44.2 Å². The zero-order valence-electron chi connectivity index (χ0n) is 17.0. The number of benzene rings is 1. The Morgan fingerprint density at radius 2 is 1.79 bits per heavy atom. The molecule has 2 aromatic heterocycles. The molecule has 0 unspecified atom stereocenters. The smallest absolute Gasteiger partial charge is 0.340 e. The highest BCUT2D eigenvalue weighted by Gasteiger charge is 2.24. The summed E-state index contributed by atoms with van der Waals surface area (Å²) >= 11 is 1.49. The Morgan fingerprint density at radius 1 is 1.14 bits per heavy atom. The first-order chi connectivity index (χ1) is 13.7. The Hall–Kier alpha value is -3.13. The molecule has 7 nitrogen and oxygen atoms in total. The molecule has 0 saturated carbocycles. The number of aromatic nitrogens is 2. The lowest BCUT2D eigenvalue weighted by Crippen LogP contribution is -2.32. The number of rotatable bonds is 5. The van der Waals surface area contributed by atoms with E-state index >= 15 is 0 Å². The second-order valence-corrected chi connectivity index (χ2v) is 8.26. The summed E-state index contributed by atoms with van der Waals surface area (Å²) in [6.07, 6.45) is -1.05. The SMILES string of the molecule is Cc1cc(C(=O)O[C@@H](C)C(=O)Nc2c(C)n(C)n(-c3ccccc3)c2=O)c(C)s1. The van der Waals surface area contributed by atoms with Crippen LogP contribution in [0.25, 0.3) is 5.69 Å². The van der Waals surface area contributed by atoms with Crippen LogP contribution in [0, 0.1) is 20.8 Å². The first-order valence-electron chi connectivity index (χ1n) is 9.13. The van der Waals surface area contributed by atoms with Crippen molar-refractivity contribution in [3.63, 3.8) is 0 Å². The van der Waals surface area contributed by atoms with Gasteiger partial charge in [-0.1, -0.05) is 18.2 Å². The highest BCUT2D eigenvalue weighted by molar-refractivity contribution is 7.12. The number of anilines is 1. The number of nitrogens with one attached hydrogen (secondary N) is 1. The van der Waals surface area contributed by atoms with Gasteiger partial charge in [-0.25, -0.2) is 9.48 Å². The van der Waals surface area contributed by atoms with Gasteiger partial charge in [0.2, 0.25) is 0 Å². The molecule has 29 heavy (non-hydrogen) atoms. The van der Waals surface area contributed by atoms with E-state index in [0.29, 0.717) is 16.9 Å². The van der Waals surface area contributed by atoms with Crippen molar-refractivity contribution >= 4 is 28.9 Å². The van der Waals surface area contributed by atoms with Gasteiger partial charge in [0.15, 0.2) is 6.10 Å². The number of hydrogen-bond donors (Lipinski definition) is 1. The fraction of sp³-hybridized carbons (Fsp3) is 0.286. The minimum absolute atomic E-state index is 0.159. The number of carbonyl (C=O) groups excluding carboxylic acids is 2. The summed E-state index contributed by atoms with van der Waals surface area (Å²) in [7, 11) is 1.74. The molecule has 0 aliphatic heterocycles. The van der Waals surface area contributed by atoms with Gasteiger partial charge in [0.05, 0.1) is 16.9 Å². The van der Waals surface area contributed by atoms with Gasteiger partial charge in [0.25, 0.3) is 11.5 Å². The van der Waals surface area contributed by atoms with Crippen molar-refractivity contribution in [3.05, 3.63) is 67.8 Å². The molecule has 152 valence electrons. The standard InChI is InChI=1S/C21H23N3O4S/c1-12-11-17(15(4)29-12)21(27)28-14(3)19(25)22-18-13(2)23(5)24(20(18)26)16-9-7-6-8-10-16/h6-11,14H,1-5H3,(H,22,25)/t14-/m0/s1. The van der Waals surface area contributed by atoms with E-state index in [9.17, 15) is 14.4 Å². The third-order valence-electron chi connectivity index (χ3n) is 4.72. The first-order valence-corrected chi connectivity index (χ1v) is 9.95. The minimum atomic E-state index is -1.05. The number of ether oxygens (including phenoxy) is 1. The van der Waals surface area contributed by atoms with Crippen molar-refractivity contribution in [3.8, 4) is 5.69 Å². The summed E-state index contributed by atoms with van der Waals surface area (Å²) in [6, 6.07) is 10.9. The molecule has 2 heterocycles. The number of nitrogens with zero attached hydrogens (tertiary/aromatic N) is 2. The molecule has 0 radical (unpaired) electrons. The Kier molecular flexibility index (Phi) is 5.74. The lowest BCUT2D eigenvalue weighted by molar-refractivity contribution is -0.123. The van der Waals surface area contributed by atoms with Gasteiger partial charge in [-0.3, -0.25) is 14.3 Å². The number of thiophene rings is 1. The average Bonchev–Trinajstić information content (AvgIpc) is 3.13. The zero-order chi connectivity index (χ0) is 21.3. The van der Waals surface area contributed by atoms with Crippen molar-refractivity contribution in [2.45, 2.75) is 33.8 Å². The topological polar surface area (TPSA) is 82.3 Å². The molecule has 0 fully saturated rings. The highest BCUT2D eigenvalue weighted by Crippen LogP contribution is 2.22. The van der Waals surface area contributed by atoms with Gasteiger partial charge < -0.3 is 10.1 Å². The predicted octanol–water partition coefficient (Wildman–Crippen LogP) is 3.35. The number of carbonyl (C=O) groups is 2. The van der Waals surface area contributed by atoms with Gasteiger partial charge in [-0.05, 0) is 45.9 Å². The number of aryl methyl sites for hydroxylation is 2. The third kappa shape index (κ3) is 4.02. The maximum absolute atomic E-state index is 12.9. The number of para-hydroxylation sites is 1. The van der Waals surface area contributed by atoms with E-state index < -0.39 is 18.0 Å². The quantitative estimate of drug-likeness (QED) is 0.651. The lowest BCUT2D eigenvalue weighted by Gasteiger charge is -2.13. The van der Waals surface area contributed by atoms with Crippen LogP contribution in [0.15, 0.2) is 41.2 Å². The highest BCUT2D eigenvalue weighted by atomic mass is 32.1. The molecule has 8 heteroatoms. The predicted molar refractivity (Wildman–Crippen MR) is 113 cm³/mol. The second-order valence-electron chi connectivity index (χ2n) is 6.80. The summed E-state index contributed by atoms with van der Waals surface area (Å²) in [5.41, 5.74) is 1.54. The van der Waals surface area contributed by atoms with Crippen LogP contribution in [0.5, 0.6) is 0 Å². The van der Waals surface area contributed by atoms with Crippen LogP contribution < -0.4 is 10.9 Å². The van der Waals surface area contributed by atoms with E-state index in [1.54, 1.807) is 24.7 Å². The van der Waals surface area contributed by atoms with E-state index in [1.165, 1.54) is 22.9 Å². The normalized spacial score (nSPS) is 11.9.